The molecule has 2 aliphatic heterocycles. The van der Waals surface area contributed by atoms with E-state index in [1.165, 1.54) is 10.4 Å². The van der Waals surface area contributed by atoms with Gasteiger partial charge in [-0.1, -0.05) is 30.3 Å². The van der Waals surface area contributed by atoms with Crippen LogP contribution in [0.25, 0.3) is 0 Å². The second-order valence-corrected chi connectivity index (χ2v) is 11.6. The number of thiophene rings is 1. The molecule has 8 heteroatoms. The highest BCUT2D eigenvalue weighted by molar-refractivity contribution is 7.92. The summed E-state index contributed by atoms with van der Waals surface area (Å²) in [5, 5.41) is 1.99. The maximum Gasteiger partial charge on any atom is 0.264 e. The Balaban J connectivity index is 1.43. The molecular weight excluding hydrogens is 468 g/mol. The largest absolute Gasteiger partial charge is 0.376 e. The second kappa shape index (κ2) is 9.90. The predicted octanol–water partition coefficient (Wildman–Crippen LogP) is 4.71. The number of hydrogen-bond acceptors (Lipinski definition) is 5. The highest BCUT2D eigenvalue weighted by Gasteiger charge is 2.30. The maximum absolute atomic E-state index is 13.6. The molecule has 178 valence electrons. The average molecular weight is 497 g/mol. The molecule has 2 aliphatic rings. The van der Waals surface area contributed by atoms with E-state index in [0.717, 1.165) is 48.4 Å². The zero-order valence-electron chi connectivity index (χ0n) is 18.9. The molecule has 0 aliphatic carbocycles. The number of para-hydroxylation sites is 1. The Bertz CT molecular complexity index is 1250. The molecule has 34 heavy (non-hydrogen) atoms. The Labute approximate surface area is 204 Å². The Morgan fingerprint density at radius 2 is 1.97 bits per heavy atom. The third kappa shape index (κ3) is 4.76. The van der Waals surface area contributed by atoms with Crippen molar-refractivity contribution in [1.29, 1.82) is 0 Å². The molecule has 3 heterocycles. The molecule has 1 unspecified atom stereocenters. The van der Waals surface area contributed by atoms with Crippen molar-refractivity contribution in [1.82, 2.24) is 4.90 Å². The minimum absolute atomic E-state index is 0.0145. The molecule has 0 N–H and O–H groups in total. The van der Waals surface area contributed by atoms with E-state index in [9.17, 15) is 13.2 Å². The SMILES string of the molecule is O=C(c1cccc(S(=O)(=O)N2CCCc3ccccc32)c1)N(Cc1cccs1)CC1CCCO1. The van der Waals surface area contributed by atoms with E-state index >= 15 is 0 Å². The van der Waals surface area contributed by atoms with Gasteiger partial charge in [0.1, 0.15) is 0 Å². The summed E-state index contributed by atoms with van der Waals surface area (Å²) in [6.07, 6.45) is 3.57. The van der Waals surface area contributed by atoms with Crippen LogP contribution in [0.3, 0.4) is 0 Å². The van der Waals surface area contributed by atoms with Gasteiger partial charge >= 0.3 is 0 Å². The number of aryl methyl sites for hydroxylation is 1. The van der Waals surface area contributed by atoms with Crippen molar-refractivity contribution in [2.45, 2.75) is 43.2 Å². The first-order chi connectivity index (χ1) is 16.5. The zero-order chi connectivity index (χ0) is 23.5. The number of anilines is 1. The molecule has 1 amide bonds. The van der Waals surface area contributed by atoms with Gasteiger partial charge in [-0.25, -0.2) is 8.42 Å². The number of rotatable bonds is 7. The summed E-state index contributed by atoms with van der Waals surface area (Å²) in [7, 11) is -3.79. The van der Waals surface area contributed by atoms with Crippen molar-refractivity contribution in [3.8, 4) is 0 Å². The summed E-state index contributed by atoms with van der Waals surface area (Å²) in [5.41, 5.74) is 2.13. The van der Waals surface area contributed by atoms with Gasteiger partial charge in [0, 0.05) is 30.1 Å². The van der Waals surface area contributed by atoms with Crippen LogP contribution in [0.4, 0.5) is 5.69 Å². The lowest BCUT2D eigenvalue weighted by molar-refractivity contribution is 0.0509. The Morgan fingerprint density at radius 3 is 2.76 bits per heavy atom. The fourth-order valence-electron chi connectivity index (χ4n) is 4.69. The topological polar surface area (TPSA) is 66.9 Å². The molecule has 2 aromatic carbocycles. The smallest absolute Gasteiger partial charge is 0.264 e. The number of carbonyl (C=O) groups excluding carboxylic acids is 1. The standard InChI is InChI=1S/C26H28N2O4S2/c29-26(27(18-22-10-5-15-32-22)19-23-11-6-16-33-23)21-8-3-12-24(17-21)34(30,31)28-14-4-9-20-7-1-2-13-25(20)28/h1-3,6-8,11-13,16-17,22H,4-5,9-10,14-15,18-19H2. The average Bonchev–Trinajstić information content (AvgIpc) is 3.57. The number of sulfonamides is 1. The monoisotopic (exact) mass is 496 g/mol. The number of amides is 1. The number of benzene rings is 2. The molecule has 3 aromatic rings. The third-order valence-corrected chi connectivity index (χ3v) is 9.07. The van der Waals surface area contributed by atoms with Gasteiger partial charge in [0.2, 0.25) is 0 Å². The van der Waals surface area contributed by atoms with Gasteiger partial charge in [0.05, 0.1) is 23.2 Å². The van der Waals surface area contributed by atoms with Crippen molar-refractivity contribution in [3.63, 3.8) is 0 Å². The number of fused-ring (bicyclic) bond motifs is 1. The van der Waals surface area contributed by atoms with Crippen LogP contribution in [0.2, 0.25) is 0 Å². The van der Waals surface area contributed by atoms with Crippen molar-refractivity contribution < 1.29 is 17.9 Å². The fourth-order valence-corrected chi connectivity index (χ4v) is 7.00. The van der Waals surface area contributed by atoms with Crippen LogP contribution in [0.1, 0.15) is 40.1 Å². The Hall–Kier alpha value is -2.68. The maximum atomic E-state index is 13.6. The van der Waals surface area contributed by atoms with Gasteiger partial charge in [0.25, 0.3) is 15.9 Å². The Morgan fingerprint density at radius 1 is 1.09 bits per heavy atom. The van der Waals surface area contributed by atoms with Crippen molar-refractivity contribution in [3.05, 3.63) is 82.0 Å². The first-order valence-electron chi connectivity index (χ1n) is 11.7. The van der Waals surface area contributed by atoms with Crippen LogP contribution < -0.4 is 4.31 Å². The lowest BCUT2D eigenvalue weighted by atomic mass is 10.0. The van der Waals surface area contributed by atoms with Gasteiger partial charge < -0.3 is 9.64 Å². The lowest BCUT2D eigenvalue weighted by Gasteiger charge is -2.30. The van der Waals surface area contributed by atoms with Crippen LogP contribution in [-0.4, -0.2) is 45.0 Å². The van der Waals surface area contributed by atoms with Gasteiger partial charge in [-0.3, -0.25) is 9.10 Å². The van der Waals surface area contributed by atoms with Crippen LogP contribution in [-0.2, 0) is 27.7 Å². The third-order valence-electron chi connectivity index (χ3n) is 6.40. The van der Waals surface area contributed by atoms with Gasteiger partial charge in [-0.15, -0.1) is 11.3 Å². The number of nitrogens with zero attached hydrogens (tertiary/aromatic N) is 2. The van der Waals surface area contributed by atoms with E-state index in [1.54, 1.807) is 34.4 Å². The van der Waals surface area contributed by atoms with E-state index in [2.05, 4.69) is 0 Å². The molecule has 0 saturated carbocycles. The summed E-state index contributed by atoms with van der Waals surface area (Å²) in [6, 6.07) is 18.1. The lowest BCUT2D eigenvalue weighted by Crippen LogP contribution is -2.37. The molecule has 1 fully saturated rings. The predicted molar refractivity (Wildman–Crippen MR) is 134 cm³/mol. The van der Waals surface area contributed by atoms with Crippen molar-refractivity contribution in [2.24, 2.45) is 0 Å². The summed E-state index contributed by atoms with van der Waals surface area (Å²) in [6.45, 7) is 2.12. The van der Waals surface area contributed by atoms with Crippen LogP contribution in [0.15, 0.2) is 70.9 Å². The molecule has 6 nitrogen and oxygen atoms in total. The molecule has 1 atom stereocenters. The second-order valence-electron chi connectivity index (χ2n) is 8.74. The minimum atomic E-state index is -3.79. The van der Waals surface area contributed by atoms with Crippen molar-refractivity contribution in [2.75, 3.05) is 24.0 Å². The fraction of sp³-hybridized carbons (Fsp3) is 0.346. The number of ether oxygens (including phenoxy) is 1. The highest BCUT2D eigenvalue weighted by atomic mass is 32.2. The summed E-state index contributed by atoms with van der Waals surface area (Å²) in [5.74, 6) is -0.181. The van der Waals surface area contributed by atoms with E-state index in [0.29, 0.717) is 25.2 Å². The van der Waals surface area contributed by atoms with E-state index in [1.807, 2.05) is 41.8 Å². The molecule has 0 bridgehead atoms. The summed E-state index contributed by atoms with van der Waals surface area (Å²) >= 11 is 1.60. The van der Waals surface area contributed by atoms with Crippen molar-refractivity contribution >= 4 is 33.0 Å². The van der Waals surface area contributed by atoms with Crippen LogP contribution >= 0.6 is 11.3 Å². The summed E-state index contributed by atoms with van der Waals surface area (Å²) in [4.78, 5) is 16.6. The van der Waals surface area contributed by atoms with E-state index in [4.69, 9.17) is 4.74 Å². The van der Waals surface area contributed by atoms with Gasteiger partial charge in [0.15, 0.2) is 0 Å². The first-order valence-corrected chi connectivity index (χ1v) is 14.0. The number of carbonyl (C=O) groups is 1. The van der Waals surface area contributed by atoms with Crippen LogP contribution in [0.5, 0.6) is 0 Å². The first kappa shape index (κ1) is 23.1. The number of hydrogen-bond donors (Lipinski definition) is 0. The summed E-state index contributed by atoms with van der Waals surface area (Å²) < 4.78 is 34.5. The quantitative estimate of drug-likeness (QED) is 0.475. The van der Waals surface area contributed by atoms with E-state index in [-0.39, 0.29) is 16.9 Å². The molecule has 1 saturated heterocycles. The Kier molecular flexibility index (Phi) is 6.72. The highest BCUT2D eigenvalue weighted by Crippen LogP contribution is 2.32. The minimum Gasteiger partial charge on any atom is -0.376 e. The zero-order valence-corrected chi connectivity index (χ0v) is 20.6. The van der Waals surface area contributed by atoms with Crippen LogP contribution in [0, 0.1) is 0 Å². The van der Waals surface area contributed by atoms with Gasteiger partial charge in [-0.2, -0.15) is 0 Å². The molecule has 1 aromatic heterocycles. The molecule has 5 rings (SSSR count). The molecular formula is C26H28N2O4S2. The molecule has 0 spiro atoms. The van der Waals surface area contributed by atoms with E-state index < -0.39 is 10.0 Å². The normalized spacial score (nSPS) is 18.0. The molecule has 0 radical (unpaired) electrons. The van der Waals surface area contributed by atoms with Gasteiger partial charge in [-0.05, 0) is 67.0 Å².